The first-order chi connectivity index (χ1) is 8.29. The minimum Gasteiger partial charge on any atom is -0.0878 e. The van der Waals surface area contributed by atoms with Crippen molar-refractivity contribution in [3.63, 3.8) is 0 Å². The molecule has 0 nitrogen and oxygen atoms in total. The molecule has 92 valence electrons. The average molecular weight is 228 g/mol. The highest BCUT2D eigenvalue weighted by atomic mass is 14.4. The maximum atomic E-state index is 2.32. The Labute approximate surface area is 106 Å². The lowest BCUT2D eigenvalue weighted by atomic mass is 9.69. The van der Waals surface area contributed by atoms with Gasteiger partial charge >= 0.3 is 0 Å². The van der Waals surface area contributed by atoms with Gasteiger partial charge in [-0.25, -0.2) is 0 Å². The summed E-state index contributed by atoms with van der Waals surface area (Å²) in [5.74, 6) is 0. The fourth-order valence-electron chi connectivity index (χ4n) is 3.28. The summed E-state index contributed by atoms with van der Waals surface area (Å²) in [6.45, 7) is 4.50. The van der Waals surface area contributed by atoms with E-state index in [-0.39, 0.29) is 0 Å². The van der Waals surface area contributed by atoms with Crippen molar-refractivity contribution in [1.82, 2.24) is 0 Å². The molecule has 17 heavy (non-hydrogen) atoms. The quantitative estimate of drug-likeness (QED) is 0.479. The molecule has 1 aromatic carbocycles. The summed E-state index contributed by atoms with van der Waals surface area (Å²) in [5, 5.41) is 0. The number of hydrogen-bond acceptors (Lipinski definition) is 0. The summed E-state index contributed by atoms with van der Waals surface area (Å²) in [6.07, 6.45) is 10.5. The van der Waals surface area contributed by atoms with Gasteiger partial charge in [0.25, 0.3) is 0 Å². The molecule has 0 saturated heterocycles. The highest BCUT2D eigenvalue weighted by Crippen LogP contribution is 2.43. The average Bonchev–Trinajstić information content (AvgIpc) is 2.65. The standard InChI is InChI=1S/C17H24/c1-3-15(2)17(13-9-4-5-10-14-17)16-11-7-6-8-12-16/h3,6-8,11-12H,4-5,9-10,13-14H2,1-2H3/b15-3+. The van der Waals surface area contributed by atoms with Crippen molar-refractivity contribution in [2.75, 3.05) is 0 Å². The van der Waals surface area contributed by atoms with E-state index in [0.29, 0.717) is 5.41 Å². The number of allylic oxidation sites excluding steroid dienone is 2. The zero-order chi connectivity index (χ0) is 12.1. The third-order valence-electron chi connectivity index (χ3n) is 4.47. The predicted octanol–water partition coefficient (Wildman–Crippen LogP) is 5.24. The van der Waals surface area contributed by atoms with E-state index in [4.69, 9.17) is 0 Å². The summed E-state index contributed by atoms with van der Waals surface area (Å²) in [5.41, 5.74) is 3.41. The second kappa shape index (κ2) is 5.53. The minimum absolute atomic E-state index is 0.326. The Kier molecular flexibility index (Phi) is 4.04. The van der Waals surface area contributed by atoms with Crippen molar-refractivity contribution >= 4 is 0 Å². The SMILES string of the molecule is C/C=C(\C)C1(c2ccccc2)CCCCCC1. The maximum absolute atomic E-state index is 2.32. The summed E-state index contributed by atoms with van der Waals surface area (Å²) in [4.78, 5) is 0. The van der Waals surface area contributed by atoms with Gasteiger partial charge < -0.3 is 0 Å². The van der Waals surface area contributed by atoms with E-state index in [1.807, 2.05) is 0 Å². The van der Waals surface area contributed by atoms with E-state index in [0.717, 1.165) is 0 Å². The van der Waals surface area contributed by atoms with Crippen LogP contribution in [0.15, 0.2) is 42.0 Å². The van der Waals surface area contributed by atoms with E-state index in [9.17, 15) is 0 Å². The zero-order valence-corrected chi connectivity index (χ0v) is 11.2. The maximum Gasteiger partial charge on any atom is 0.0159 e. The Morgan fingerprint density at radius 2 is 1.59 bits per heavy atom. The van der Waals surface area contributed by atoms with Crippen LogP contribution in [-0.2, 0) is 5.41 Å². The van der Waals surface area contributed by atoms with Crippen molar-refractivity contribution in [3.8, 4) is 0 Å². The zero-order valence-electron chi connectivity index (χ0n) is 11.2. The molecular weight excluding hydrogens is 204 g/mol. The Bertz CT molecular complexity index is 364. The lowest BCUT2D eigenvalue weighted by Gasteiger charge is -2.35. The Balaban J connectivity index is 2.42. The van der Waals surface area contributed by atoms with Gasteiger partial charge in [-0.3, -0.25) is 0 Å². The van der Waals surface area contributed by atoms with Gasteiger partial charge in [-0.2, -0.15) is 0 Å². The highest BCUT2D eigenvalue weighted by Gasteiger charge is 2.33. The molecule has 0 aliphatic heterocycles. The van der Waals surface area contributed by atoms with Crippen LogP contribution in [0.3, 0.4) is 0 Å². The van der Waals surface area contributed by atoms with E-state index < -0.39 is 0 Å². The normalized spacial score (nSPS) is 20.9. The molecule has 1 aromatic rings. The number of hydrogen-bond donors (Lipinski definition) is 0. The molecule has 0 aromatic heterocycles. The fourth-order valence-corrected chi connectivity index (χ4v) is 3.28. The molecule has 0 amide bonds. The number of rotatable bonds is 2. The topological polar surface area (TPSA) is 0 Å². The molecule has 0 atom stereocenters. The molecule has 0 heterocycles. The van der Waals surface area contributed by atoms with Gasteiger partial charge in [-0.05, 0) is 32.3 Å². The van der Waals surface area contributed by atoms with Crippen LogP contribution in [0.25, 0.3) is 0 Å². The Morgan fingerprint density at radius 3 is 2.12 bits per heavy atom. The molecule has 1 saturated carbocycles. The van der Waals surface area contributed by atoms with Crippen molar-refractivity contribution < 1.29 is 0 Å². The molecule has 2 rings (SSSR count). The first-order valence-corrected chi connectivity index (χ1v) is 6.98. The van der Waals surface area contributed by atoms with Gasteiger partial charge in [0.1, 0.15) is 0 Å². The van der Waals surface area contributed by atoms with Crippen LogP contribution >= 0.6 is 0 Å². The van der Waals surface area contributed by atoms with Crippen molar-refractivity contribution in [2.45, 2.75) is 57.8 Å². The molecule has 0 N–H and O–H groups in total. The van der Waals surface area contributed by atoms with Crippen LogP contribution in [0.2, 0.25) is 0 Å². The van der Waals surface area contributed by atoms with Crippen LogP contribution < -0.4 is 0 Å². The highest BCUT2D eigenvalue weighted by molar-refractivity contribution is 5.35. The summed E-state index contributed by atoms with van der Waals surface area (Å²) >= 11 is 0. The van der Waals surface area contributed by atoms with Crippen LogP contribution in [0.5, 0.6) is 0 Å². The fraction of sp³-hybridized carbons (Fsp3) is 0.529. The molecule has 1 aliphatic rings. The van der Waals surface area contributed by atoms with E-state index in [1.54, 1.807) is 5.57 Å². The molecule has 0 bridgehead atoms. The largest absolute Gasteiger partial charge is 0.0878 e. The molecule has 1 fully saturated rings. The Hall–Kier alpha value is -1.04. The molecule has 0 unspecified atom stereocenters. The van der Waals surface area contributed by atoms with Gasteiger partial charge in [0, 0.05) is 5.41 Å². The number of benzene rings is 1. The lowest BCUT2D eigenvalue weighted by Crippen LogP contribution is -2.27. The molecule has 1 aliphatic carbocycles. The van der Waals surface area contributed by atoms with E-state index in [1.165, 1.54) is 44.1 Å². The van der Waals surface area contributed by atoms with E-state index >= 15 is 0 Å². The van der Waals surface area contributed by atoms with Crippen molar-refractivity contribution in [3.05, 3.63) is 47.5 Å². The van der Waals surface area contributed by atoms with Gasteiger partial charge in [0.2, 0.25) is 0 Å². The summed E-state index contributed by atoms with van der Waals surface area (Å²) in [7, 11) is 0. The molecular formula is C17H24. The summed E-state index contributed by atoms with van der Waals surface area (Å²) in [6, 6.07) is 11.1. The van der Waals surface area contributed by atoms with Crippen molar-refractivity contribution in [2.24, 2.45) is 0 Å². The van der Waals surface area contributed by atoms with Crippen LogP contribution in [0, 0.1) is 0 Å². The minimum atomic E-state index is 0.326. The van der Waals surface area contributed by atoms with Gasteiger partial charge in [-0.15, -0.1) is 0 Å². The first kappa shape index (κ1) is 12.4. The second-order valence-corrected chi connectivity index (χ2v) is 5.33. The van der Waals surface area contributed by atoms with Gasteiger partial charge in [0.15, 0.2) is 0 Å². The van der Waals surface area contributed by atoms with Crippen molar-refractivity contribution in [1.29, 1.82) is 0 Å². The van der Waals surface area contributed by atoms with E-state index in [2.05, 4.69) is 50.3 Å². The van der Waals surface area contributed by atoms with Crippen LogP contribution in [-0.4, -0.2) is 0 Å². The smallest absolute Gasteiger partial charge is 0.0159 e. The molecule has 0 heteroatoms. The third kappa shape index (κ3) is 2.46. The molecule has 0 spiro atoms. The van der Waals surface area contributed by atoms with Gasteiger partial charge in [0.05, 0.1) is 0 Å². The predicted molar refractivity (Wildman–Crippen MR) is 75.3 cm³/mol. The lowest BCUT2D eigenvalue weighted by molar-refractivity contribution is 0.435. The monoisotopic (exact) mass is 228 g/mol. The second-order valence-electron chi connectivity index (χ2n) is 5.33. The summed E-state index contributed by atoms with van der Waals surface area (Å²) < 4.78 is 0. The molecule has 0 radical (unpaired) electrons. The Morgan fingerprint density at radius 1 is 1.00 bits per heavy atom. The van der Waals surface area contributed by atoms with Crippen LogP contribution in [0.4, 0.5) is 0 Å². The third-order valence-corrected chi connectivity index (χ3v) is 4.47. The van der Waals surface area contributed by atoms with Gasteiger partial charge in [-0.1, -0.05) is 67.7 Å². The van der Waals surface area contributed by atoms with Crippen LogP contribution in [0.1, 0.15) is 57.9 Å². The first-order valence-electron chi connectivity index (χ1n) is 6.98.